The zero-order valence-electron chi connectivity index (χ0n) is 21.0. The quantitative estimate of drug-likeness (QED) is 0.308. The fraction of sp³-hybridized carbons (Fsp3) is 0.207. The van der Waals surface area contributed by atoms with Crippen LogP contribution < -0.4 is 15.5 Å². The van der Waals surface area contributed by atoms with Gasteiger partial charge in [0.1, 0.15) is 12.0 Å². The number of hydrogen-bond donors (Lipinski definition) is 3. The van der Waals surface area contributed by atoms with Crippen LogP contribution in [-0.2, 0) is 0 Å². The lowest BCUT2D eigenvalue weighted by atomic mass is 10.1. The van der Waals surface area contributed by atoms with Gasteiger partial charge >= 0.3 is 0 Å². The second-order valence-electron chi connectivity index (χ2n) is 9.12. The third-order valence-electron chi connectivity index (χ3n) is 6.34. The first-order valence-corrected chi connectivity index (χ1v) is 12.5. The molecule has 2 heterocycles. The van der Waals surface area contributed by atoms with Crippen LogP contribution in [0.25, 0.3) is 11.3 Å². The molecule has 0 aliphatic carbocycles. The van der Waals surface area contributed by atoms with Crippen LogP contribution in [0.15, 0.2) is 85.1 Å². The highest BCUT2D eigenvalue weighted by Gasteiger charge is 2.22. The van der Waals surface area contributed by atoms with Crippen molar-refractivity contribution in [3.8, 4) is 11.3 Å². The molecule has 1 amide bonds. The van der Waals surface area contributed by atoms with E-state index in [1.807, 2.05) is 54.6 Å². The van der Waals surface area contributed by atoms with Gasteiger partial charge in [-0.05, 0) is 67.6 Å². The molecule has 1 aliphatic heterocycles. The predicted octanol–water partition coefficient (Wildman–Crippen LogP) is 4.74. The Morgan fingerprint density at radius 2 is 1.66 bits per heavy atom. The van der Waals surface area contributed by atoms with Gasteiger partial charge in [-0.25, -0.2) is 14.4 Å². The Balaban J connectivity index is 1.18. The van der Waals surface area contributed by atoms with Gasteiger partial charge in [0.05, 0.1) is 5.69 Å². The molecule has 1 unspecified atom stereocenters. The van der Waals surface area contributed by atoms with Crippen LogP contribution in [0.4, 0.5) is 27.4 Å². The Bertz CT molecular complexity index is 1390. The smallest absolute Gasteiger partial charge is 0.254 e. The number of anilines is 4. The molecule has 9 heteroatoms. The molecule has 1 aromatic heterocycles. The van der Waals surface area contributed by atoms with Gasteiger partial charge in [0.2, 0.25) is 5.95 Å². The van der Waals surface area contributed by atoms with Crippen LogP contribution >= 0.6 is 0 Å². The maximum Gasteiger partial charge on any atom is 0.254 e. The van der Waals surface area contributed by atoms with Crippen LogP contribution in [0.1, 0.15) is 17.3 Å². The fourth-order valence-corrected chi connectivity index (χ4v) is 4.41. The lowest BCUT2D eigenvalue weighted by Gasteiger charge is -2.36. The summed E-state index contributed by atoms with van der Waals surface area (Å²) in [6, 6.07) is 23.4. The van der Waals surface area contributed by atoms with Crippen LogP contribution in [0, 0.1) is 5.82 Å². The van der Waals surface area contributed by atoms with Gasteiger partial charge in [-0.2, -0.15) is 0 Å². The molecule has 3 aromatic carbocycles. The third kappa shape index (κ3) is 6.07. The van der Waals surface area contributed by atoms with E-state index in [-0.39, 0.29) is 5.91 Å². The summed E-state index contributed by atoms with van der Waals surface area (Å²) in [6.45, 7) is 4.22. The third-order valence-corrected chi connectivity index (χ3v) is 6.34. The van der Waals surface area contributed by atoms with Gasteiger partial charge in [0.25, 0.3) is 5.91 Å². The molecule has 8 nitrogen and oxygen atoms in total. The molecule has 5 rings (SSSR count). The molecule has 1 saturated heterocycles. The Morgan fingerprint density at radius 1 is 0.947 bits per heavy atom. The van der Waals surface area contributed by atoms with Crippen molar-refractivity contribution in [2.24, 2.45) is 0 Å². The minimum atomic E-state index is -0.623. The number of hydrogen-bond acceptors (Lipinski definition) is 7. The number of nitrogens with zero attached hydrogens (tertiary/aromatic N) is 4. The highest BCUT2D eigenvalue weighted by Crippen LogP contribution is 2.24. The molecule has 38 heavy (non-hydrogen) atoms. The number of nitrogens with one attached hydrogen (secondary N) is 2. The molecule has 4 aromatic rings. The minimum Gasteiger partial charge on any atom is -0.374 e. The highest BCUT2D eigenvalue weighted by atomic mass is 19.1. The van der Waals surface area contributed by atoms with Crippen LogP contribution in [0.3, 0.4) is 0 Å². The summed E-state index contributed by atoms with van der Waals surface area (Å²) in [5, 5.41) is 15.7. The molecule has 194 valence electrons. The standard InChI is InChI=1S/C29H29FN6O2/c1-20(37)32-24-7-5-21(6-8-24)27-13-14-31-29(34-27)33-25-9-11-26(12-10-25)35-15-17-36(18-16-35)28(38)22-3-2-4-23(30)19-22/h2-14,19-20,32,37H,15-18H2,1H3,(H,31,33,34). The minimum absolute atomic E-state index is 0.140. The number of piperazine rings is 1. The average Bonchev–Trinajstić information content (AvgIpc) is 2.93. The number of amides is 1. The summed E-state index contributed by atoms with van der Waals surface area (Å²) in [6.07, 6.45) is 1.09. The SMILES string of the molecule is CC(O)Nc1ccc(-c2ccnc(Nc3ccc(N4CCN(C(=O)c5cccc(F)c5)CC4)cc3)n2)cc1. The van der Waals surface area contributed by atoms with Crippen LogP contribution in [0.5, 0.6) is 0 Å². The van der Waals surface area contributed by atoms with Crippen molar-refractivity contribution in [2.45, 2.75) is 13.2 Å². The molecule has 1 atom stereocenters. The van der Waals surface area contributed by atoms with E-state index in [9.17, 15) is 14.3 Å². The first-order chi connectivity index (χ1) is 18.4. The van der Waals surface area contributed by atoms with E-state index in [4.69, 9.17) is 0 Å². The second-order valence-corrected chi connectivity index (χ2v) is 9.12. The number of aliphatic hydroxyl groups is 1. The average molecular weight is 513 g/mol. The zero-order chi connectivity index (χ0) is 26.5. The Labute approximate surface area is 220 Å². The van der Waals surface area contributed by atoms with E-state index >= 15 is 0 Å². The highest BCUT2D eigenvalue weighted by molar-refractivity contribution is 5.94. The maximum atomic E-state index is 13.5. The van der Waals surface area contributed by atoms with E-state index in [0.29, 0.717) is 37.7 Å². The summed E-state index contributed by atoms with van der Waals surface area (Å²) < 4.78 is 13.5. The summed E-state index contributed by atoms with van der Waals surface area (Å²) in [4.78, 5) is 25.7. The first-order valence-electron chi connectivity index (χ1n) is 12.5. The first kappa shape index (κ1) is 25.2. The van der Waals surface area contributed by atoms with Gasteiger partial charge < -0.3 is 25.5 Å². The van der Waals surface area contributed by atoms with Crippen molar-refractivity contribution < 1.29 is 14.3 Å². The number of halogens is 1. The van der Waals surface area contributed by atoms with Gasteiger partial charge in [-0.3, -0.25) is 4.79 Å². The zero-order valence-corrected chi connectivity index (χ0v) is 21.0. The molecular formula is C29H29FN6O2. The number of rotatable bonds is 7. The van der Waals surface area contributed by atoms with E-state index in [1.54, 1.807) is 30.2 Å². The normalized spacial score (nSPS) is 14.2. The molecule has 3 N–H and O–H groups in total. The number of carbonyl (C=O) groups excluding carboxylic acids is 1. The van der Waals surface area contributed by atoms with Crippen molar-refractivity contribution in [3.05, 3.63) is 96.4 Å². The topological polar surface area (TPSA) is 93.6 Å². The molecule has 0 saturated carbocycles. The van der Waals surface area contributed by atoms with Crippen molar-refractivity contribution in [1.82, 2.24) is 14.9 Å². The van der Waals surface area contributed by atoms with Gasteiger partial charge in [0.15, 0.2) is 0 Å². The largest absolute Gasteiger partial charge is 0.374 e. The summed E-state index contributed by atoms with van der Waals surface area (Å²) in [7, 11) is 0. The van der Waals surface area contributed by atoms with E-state index < -0.39 is 12.0 Å². The molecular weight excluding hydrogens is 483 g/mol. The molecule has 0 spiro atoms. The predicted molar refractivity (Wildman–Crippen MR) is 147 cm³/mol. The van der Waals surface area contributed by atoms with Crippen molar-refractivity contribution in [3.63, 3.8) is 0 Å². The summed E-state index contributed by atoms with van der Waals surface area (Å²) >= 11 is 0. The summed E-state index contributed by atoms with van der Waals surface area (Å²) in [5.74, 6) is -0.0512. The van der Waals surface area contributed by atoms with Crippen LogP contribution in [0.2, 0.25) is 0 Å². The monoisotopic (exact) mass is 512 g/mol. The van der Waals surface area contributed by atoms with Crippen LogP contribution in [-0.4, -0.2) is 58.3 Å². The molecule has 0 radical (unpaired) electrons. The molecule has 1 aliphatic rings. The molecule has 1 fully saturated rings. The lowest BCUT2D eigenvalue weighted by Crippen LogP contribution is -2.48. The van der Waals surface area contributed by atoms with E-state index in [1.165, 1.54) is 12.1 Å². The second kappa shape index (κ2) is 11.3. The van der Waals surface area contributed by atoms with Gasteiger partial charge in [-0.1, -0.05) is 18.2 Å². The number of carbonyl (C=O) groups is 1. The van der Waals surface area contributed by atoms with Gasteiger partial charge in [-0.15, -0.1) is 0 Å². The fourth-order valence-electron chi connectivity index (χ4n) is 4.41. The van der Waals surface area contributed by atoms with E-state index in [0.717, 1.165) is 28.3 Å². The van der Waals surface area contributed by atoms with E-state index in [2.05, 4.69) is 25.5 Å². The summed E-state index contributed by atoms with van der Waals surface area (Å²) in [5.41, 5.74) is 4.86. The Kier molecular flexibility index (Phi) is 7.46. The maximum absolute atomic E-state index is 13.5. The number of aliphatic hydroxyl groups excluding tert-OH is 1. The van der Waals surface area contributed by atoms with Crippen molar-refractivity contribution >= 4 is 28.9 Å². The Hall–Kier alpha value is -4.50. The van der Waals surface area contributed by atoms with Crippen molar-refractivity contribution in [1.29, 1.82) is 0 Å². The number of aromatic nitrogens is 2. The Morgan fingerprint density at radius 3 is 2.34 bits per heavy atom. The number of benzene rings is 3. The van der Waals surface area contributed by atoms with Gasteiger partial charge in [0, 0.05) is 60.6 Å². The van der Waals surface area contributed by atoms with Crippen molar-refractivity contribution in [2.75, 3.05) is 41.7 Å². The molecule has 0 bridgehead atoms. The lowest BCUT2D eigenvalue weighted by molar-refractivity contribution is 0.0746.